The summed E-state index contributed by atoms with van der Waals surface area (Å²) in [6.07, 6.45) is 3.12. The highest BCUT2D eigenvalue weighted by molar-refractivity contribution is 8.26. The lowest BCUT2D eigenvalue weighted by Crippen LogP contribution is -2.22. The lowest BCUT2D eigenvalue weighted by molar-refractivity contribution is -0.121. The lowest BCUT2D eigenvalue weighted by Gasteiger charge is -2.10. The summed E-state index contributed by atoms with van der Waals surface area (Å²) in [4.78, 5) is 31.6. The smallest absolute Gasteiger partial charge is 0.269 e. The number of pyridine rings is 1. The molecule has 8 heteroatoms. The summed E-state index contributed by atoms with van der Waals surface area (Å²) in [5, 5.41) is 0. The van der Waals surface area contributed by atoms with Gasteiger partial charge < -0.3 is 4.74 Å². The van der Waals surface area contributed by atoms with Crippen LogP contribution in [-0.4, -0.2) is 31.6 Å². The number of amides is 1. The molecule has 0 radical (unpaired) electrons. The van der Waals surface area contributed by atoms with Crippen molar-refractivity contribution in [3.63, 3.8) is 0 Å². The second kappa shape index (κ2) is 6.98. The molecule has 4 rings (SSSR count). The number of hydrogen-bond donors (Lipinski definition) is 0. The van der Waals surface area contributed by atoms with Crippen LogP contribution in [0.5, 0.6) is 11.6 Å². The quantitative estimate of drug-likeness (QED) is 0.501. The van der Waals surface area contributed by atoms with Gasteiger partial charge in [-0.2, -0.15) is 4.98 Å². The lowest BCUT2D eigenvalue weighted by atomic mass is 10.2. The van der Waals surface area contributed by atoms with Gasteiger partial charge in [0.1, 0.15) is 21.3 Å². The molecule has 3 aromatic rings. The first-order chi connectivity index (χ1) is 13.0. The van der Waals surface area contributed by atoms with E-state index >= 15 is 0 Å². The van der Waals surface area contributed by atoms with Gasteiger partial charge in [-0.3, -0.25) is 18.9 Å². The van der Waals surface area contributed by atoms with Crippen molar-refractivity contribution in [2.45, 2.75) is 0 Å². The maximum atomic E-state index is 13.0. The number of aromatic nitrogens is 2. The molecule has 27 heavy (non-hydrogen) atoms. The van der Waals surface area contributed by atoms with Crippen molar-refractivity contribution in [2.75, 3.05) is 7.05 Å². The molecule has 0 N–H and O–H groups in total. The molecule has 1 aliphatic rings. The van der Waals surface area contributed by atoms with Crippen LogP contribution in [0.2, 0.25) is 0 Å². The van der Waals surface area contributed by atoms with E-state index in [0.29, 0.717) is 20.6 Å². The average molecular weight is 395 g/mol. The molecule has 0 atom stereocenters. The first-order valence-corrected chi connectivity index (χ1v) is 9.23. The normalized spacial score (nSPS) is 15.7. The van der Waals surface area contributed by atoms with Crippen LogP contribution >= 0.6 is 24.0 Å². The number of rotatable bonds is 3. The van der Waals surface area contributed by atoms with E-state index in [1.165, 1.54) is 15.4 Å². The molecule has 0 unspecified atom stereocenters. The molecule has 0 aliphatic carbocycles. The number of ether oxygens (including phenoxy) is 1. The standard InChI is InChI=1S/C19H13N3O3S2/c1-21-18(24)14(27-19(21)26)11-13-16(25-12-7-3-2-4-8-12)20-15-9-5-6-10-22(15)17(13)23/h2-11H,1H3. The number of para-hydroxylation sites is 1. The minimum atomic E-state index is -0.326. The number of thiocarbonyl (C=S) groups is 1. The van der Waals surface area contributed by atoms with Gasteiger partial charge in [0.05, 0.1) is 4.91 Å². The third kappa shape index (κ3) is 3.24. The molecule has 1 amide bonds. The van der Waals surface area contributed by atoms with Crippen LogP contribution in [0.15, 0.2) is 64.4 Å². The van der Waals surface area contributed by atoms with E-state index < -0.39 is 0 Å². The zero-order valence-electron chi connectivity index (χ0n) is 14.2. The summed E-state index contributed by atoms with van der Waals surface area (Å²) in [5.74, 6) is 0.425. The van der Waals surface area contributed by atoms with Gasteiger partial charge in [0.25, 0.3) is 11.5 Å². The number of thioether (sulfide) groups is 1. The molecular weight excluding hydrogens is 382 g/mol. The zero-order chi connectivity index (χ0) is 19.0. The predicted molar refractivity (Wildman–Crippen MR) is 109 cm³/mol. The molecule has 1 aliphatic heterocycles. The molecular formula is C19H13N3O3S2. The third-order valence-corrected chi connectivity index (χ3v) is 5.44. The highest BCUT2D eigenvalue weighted by Crippen LogP contribution is 2.33. The second-order valence-electron chi connectivity index (χ2n) is 5.72. The van der Waals surface area contributed by atoms with E-state index in [1.807, 2.05) is 18.2 Å². The summed E-state index contributed by atoms with van der Waals surface area (Å²) in [6, 6.07) is 14.3. The van der Waals surface area contributed by atoms with E-state index in [9.17, 15) is 9.59 Å². The minimum Gasteiger partial charge on any atom is -0.438 e. The highest BCUT2D eigenvalue weighted by atomic mass is 32.2. The van der Waals surface area contributed by atoms with Crippen LogP contribution < -0.4 is 10.3 Å². The molecule has 0 spiro atoms. The maximum absolute atomic E-state index is 13.0. The van der Waals surface area contributed by atoms with Gasteiger partial charge in [-0.15, -0.1) is 0 Å². The first-order valence-electron chi connectivity index (χ1n) is 8.00. The van der Waals surface area contributed by atoms with E-state index in [1.54, 1.807) is 43.6 Å². The molecule has 0 saturated carbocycles. The van der Waals surface area contributed by atoms with Crippen LogP contribution in [0, 0.1) is 0 Å². The Labute approximate surface area is 164 Å². The van der Waals surface area contributed by atoms with Gasteiger partial charge in [-0.05, 0) is 30.3 Å². The van der Waals surface area contributed by atoms with Crippen LogP contribution in [0.1, 0.15) is 5.56 Å². The van der Waals surface area contributed by atoms with Crippen molar-refractivity contribution < 1.29 is 9.53 Å². The predicted octanol–water partition coefficient (Wildman–Crippen LogP) is 3.32. The van der Waals surface area contributed by atoms with E-state index in [-0.39, 0.29) is 22.9 Å². The van der Waals surface area contributed by atoms with Gasteiger partial charge in [-0.1, -0.05) is 48.2 Å². The van der Waals surface area contributed by atoms with Gasteiger partial charge in [0.15, 0.2) is 0 Å². The molecule has 1 fully saturated rings. The van der Waals surface area contributed by atoms with Gasteiger partial charge in [0, 0.05) is 13.2 Å². The van der Waals surface area contributed by atoms with Gasteiger partial charge in [-0.25, -0.2) is 0 Å². The number of benzene rings is 1. The molecule has 1 aromatic carbocycles. The number of fused-ring (bicyclic) bond motifs is 1. The van der Waals surface area contributed by atoms with Crippen molar-refractivity contribution in [1.29, 1.82) is 0 Å². The molecule has 6 nitrogen and oxygen atoms in total. The first kappa shape index (κ1) is 17.4. The summed E-state index contributed by atoms with van der Waals surface area (Å²) in [7, 11) is 1.60. The highest BCUT2D eigenvalue weighted by Gasteiger charge is 2.29. The fourth-order valence-corrected chi connectivity index (χ4v) is 3.72. The Bertz CT molecular complexity index is 1160. The van der Waals surface area contributed by atoms with Crippen LogP contribution in [-0.2, 0) is 4.79 Å². The number of nitrogens with zero attached hydrogens (tertiary/aromatic N) is 3. The third-order valence-electron chi connectivity index (χ3n) is 3.95. The minimum absolute atomic E-state index is 0.138. The van der Waals surface area contributed by atoms with E-state index in [2.05, 4.69) is 4.98 Å². The van der Waals surface area contributed by atoms with Crippen LogP contribution in [0.4, 0.5) is 0 Å². The molecule has 3 heterocycles. The molecule has 2 aromatic heterocycles. The van der Waals surface area contributed by atoms with Crippen molar-refractivity contribution >= 4 is 45.9 Å². The zero-order valence-corrected chi connectivity index (χ0v) is 15.8. The Kier molecular flexibility index (Phi) is 4.51. The number of hydrogen-bond acceptors (Lipinski definition) is 6. The summed E-state index contributed by atoms with van der Waals surface area (Å²) in [6.45, 7) is 0. The molecule has 0 bridgehead atoms. The van der Waals surface area contributed by atoms with Gasteiger partial charge >= 0.3 is 0 Å². The fourth-order valence-electron chi connectivity index (χ4n) is 2.56. The summed E-state index contributed by atoms with van der Waals surface area (Å²) >= 11 is 6.30. The number of carbonyl (C=O) groups is 1. The fraction of sp³-hybridized carbons (Fsp3) is 0.0526. The average Bonchev–Trinajstić information content (AvgIpc) is 2.92. The summed E-state index contributed by atoms with van der Waals surface area (Å²) in [5.41, 5.74) is 0.318. The SMILES string of the molecule is CN1C(=O)C(=Cc2c(Oc3ccccc3)nc3ccccn3c2=O)SC1=S. The largest absolute Gasteiger partial charge is 0.438 e. The molecule has 134 valence electrons. The maximum Gasteiger partial charge on any atom is 0.269 e. The number of carbonyl (C=O) groups excluding carboxylic acids is 1. The van der Waals surface area contributed by atoms with Crippen LogP contribution in [0.25, 0.3) is 11.7 Å². The van der Waals surface area contributed by atoms with E-state index in [4.69, 9.17) is 17.0 Å². The molecule has 1 saturated heterocycles. The Morgan fingerprint density at radius 1 is 1.11 bits per heavy atom. The van der Waals surface area contributed by atoms with Crippen molar-refractivity contribution in [3.05, 3.63) is 75.6 Å². The van der Waals surface area contributed by atoms with Crippen molar-refractivity contribution in [1.82, 2.24) is 14.3 Å². The Morgan fingerprint density at radius 3 is 2.56 bits per heavy atom. The second-order valence-corrected chi connectivity index (χ2v) is 7.40. The Morgan fingerprint density at radius 2 is 1.85 bits per heavy atom. The topological polar surface area (TPSA) is 63.9 Å². The van der Waals surface area contributed by atoms with E-state index in [0.717, 1.165) is 11.8 Å². The Hall–Kier alpha value is -2.97. The summed E-state index contributed by atoms with van der Waals surface area (Å²) < 4.78 is 7.71. The number of likely N-dealkylation sites (N-methyl/N-ethyl adjacent to an activating group) is 1. The van der Waals surface area contributed by atoms with Crippen LogP contribution in [0.3, 0.4) is 0 Å². The Balaban J connectivity index is 1.91. The van der Waals surface area contributed by atoms with Crippen molar-refractivity contribution in [2.24, 2.45) is 0 Å². The van der Waals surface area contributed by atoms with Gasteiger partial charge in [0.2, 0.25) is 5.88 Å². The van der Waals surface area contributed by atoms with Crippen molar-refractivity contribution in [3.8, 4) is 11.6 Å². The monoisotopic (exact) mass is 395 g/mol.